The van der Waals surface area contributed by atoms with Gasteiger partial charge in [-0.25, -0.2) is 0 Å². The summed E-state index contributed by atoms with van der Waals surface area (Å²) in [4.78, 5) is 2.53. The highest BCUT2D eigenvalue weighted by Crippen LogP contribution is 2.66. The Hall–Kier alpha value is -10.8. The van der Waals surface area contributed by atoms with Crippen LogP contribution in [-0.2, 0) is 10.8 Å². The summed E-state index contributed by atoms with van der Waals surface area (Å²) in [7, 11) is 0. The highest BCUT2D eigenvalue weighted by atomic mass is 15.1. The summed E-state index contributed by atoms with van der Waals surface area (Å²) in [5, 5.41) is 7.55. The molecular weight excluding hydrogens is 1020 g/mol. The minimum absolute atomic E-state index is 0.463. The van der Waals surface area contributed by atoms with Gasteiger partial charge in [0.1, 0.15) is 0 Å². The number of benzene rings is 14. The van der Waals surface area contributed by atoms with Gasteiger partial charge in [-0.3, -0.25) is 0 Å². The average molecular weight is 1080 g/mol. The lowest BCUT2D eigenvalue weighted by Gasteiger charge is -2.32. The number of hydrogen-bond acceptors (Lipinski definition) is 1. The Morgan fingerprint density at radius 1 is 0.306 bits per heavy atom. The van der Waals surface area contributed by atoms with Crippen molar-refractivity contribution in [3.63, 3.8) is 0 Å². The number of anilines is 3. The Bertz CT molecular complexity index is 5360. The normalized spacial score (nSPS) is 15.0. The van der Waals surface area contributed by atoms with Gasteiger partial charge in [0.05, 0.1) is 27.8 Å². The zero-order chi connectivity index (χ0) is 55.7. The molecule has 19 rings (SSSR count). The maximum Gasteiger partial charge on any atom is 0.0726 e. The van der Waals surface area contributed by atoms with E-state index in [2.05, 4.69) is 314 Å². The Morgan fingerprint density at radius 3 is 1.68 bits per heavy atom. The summed E-state index contributed by atoms with van der Waals surface area (Å²) < 4.78 is 2.57. The molecule has 3 aliphatic carbocycles. The number of aromatic nitrogens is 1. The molecule has 15 aromatic rings. The molecule has 1 aromatic heterocycles. The molecule has 2 nitrogen and oxygen atoms in total. The molecule has 2 heteroatoms. The lowest BCUT2D eigenvalue weighted by molar-refractivity contribution is 0.716. The topological polar surface area (TPSA) is 8.17 Å². The van der Waals surface area contributed by atoms with Gasteiger partial charge in [0.25, 0.3) is 0 Å². The van der Waals surface area contributed by atoms with Gasteiger partial charge in [-0.2, -0.15) is 0 Å². The lowest BCUT2D eigenvalue weighted by Crippen LogP contribution is -2.26. The monoisotopic (exact) mass is 1080 g/mol. The predicted octanol–water partition coefficient (Wildman–Crippen LogP) is 21.6. The van der Waals surface area contributed by atoms with Crippen LogP contribution in [0.5, 0.6) is 0 Å². The third kappa shape index (κ3) is 6.17. The first-order valence-electron chi connectivity index (χ1n) is 29.8. The second kappa shape index (κ2) is 17.1. The number of para-hydroxylation sites is 2. The SMILES string of the molecule is CC1(c2ccc3ccccc3c2)c2cc(-c3ccc(N(c4cccc(-c5ccc6ccccc6c5)c4)c4cccc5c4-c4ccccc4C54c5ccccc5-c5ccccc54)cc3)cc3c2-c2c1ccc1c4ccccc4n(c21)-c1ccccc1-3. The molecule has 0 saturated carbocycles. The average Bonchev–Trinajstić information content (AvgIpc) is 1.54. The second-order valence-corrected chi connectivity index (χ2v) is 24.0. The van der Waals surface area contributed by atoms with Crippen molar-refractivity contribution in [2.24, 2.45) is 0 Å². The van der Waals surface area contributed by atoms with Crippen LogP contribution in [0.1, 0.15) is 45.9 Å². The second-order valence-electron chi connectivity index (χ2n) is 24.0. The molecule has 2 heterocycles. The zero-order valence-corrected chi connectivity index (χ0v) is 46.7. The van der Waals surface area contributed by atoms with Crippen LogP contribution in [-0.4, -0.2) is 4.57 Å². The maximum atomic E-state index is 2.57. The van der Waals surface area contributed by atoms with E-state index in [0.717, 1.165) is 17.1 Å². The van der Waals surface area contributed by atoms with Gasteiger partial charge in [0.15, 0.2) is 0 Å². The molecule has 0 radical (unpaired) electrons. The van der Waals surface area contributed by atoms with Crippen molar-refractivity contribution in [2.45, 2.75) is 17.8 Å². The molecule has 4 aliphatic rings. The summed E-state index contributed by atoms with van der Waals surface area (Å²) in [5.41, 5.74) is 30.5. The molecule has 0 fully saturated rings. The third-order valence-corrected chi connectivity index (χ3v) is 20.0. The standard InChI is InChI=1S/C83H52N2/c1-82(59-41-38-52-19-3-5-21-55(52)47-59)72-45-44-66-64-26-9-14-33-75(64)85-76-34-15-10-27-65(76)68-49-58(50-74(82)79(68)80(72)81(66)85)53-39-42-60(43-40-53)84(61-23-16-22-56(48-61)57-37-36-51-18-2-4-20-54(51)46-57)77-35-17-32-73-78(77)67-28-8-13-31-71(67)83(73)69-29-11-6-24-62(69)63-25-7-12-30-70(63)83/h2-50H,1H3. The predicted molar refractivity (Wildman–Crippen MR) is 354 cm³/mol. The molecule has 85 heavy (non-hydrogen) atoms. The molecule has 0 N–H and O–H groups in total. The van der Waals surface area contributed by atoms with Gasteiger partial charge >= 0.3 is 0 Å². The van der Waals surface area contributed by atoms with Crippen molar-refractivity contribution in [1.82, 2.24) is 4.57 Å². The molecule has 0 amide bonds. The molecule has 0 saturated heterocycles. The van der Waals surface area contributed by atoms with Crippen molar-refractivity contribution >= 4 is 60.4 Å². The number of hydrogen-bond donors (Lipinski definition) is 0. The molecule has 0 bridgehead atoms. The van der Waals surface area contributed by atoms with Crippen molar-refractivity contribution in [1.29, 1.82) is 0 Å². The van der Waals surface area contributed by atoms with E-state index in [1.165, 1.54) is 155 Å². The number of nitrogens with zero attached hydrogens (tertiary/aromatic N) is 2. The largest absolute Gasteiger partial charge is 0.310 e. The van der Waals surface area contributed by atoms with Crippen LogP contribution in [0.15, 0.2) is 297 Å². The molecule has 1 unspecified atom stereocenters. The van der Waals surface area contributed by atoms with E-state index < -0.39 is 10.8 Å². The first-order chi connectivity index (χ1) is 42.0. The van der Waals surface area contributed by atoms with Gasteiger partial charge < -0.3 is 9.47 Å². The third-order valence-electron chi connectivity index (χ3n) is 20.0. The van der Waals surface area contributed by atoms with Crippen molar-refractivity contribution in [3.05, 3.63) is 336 Å². The van der Waals surface area contributed by atoms with E-state index in [1.807, 2.05) is 0 Å². The van der Waals surface area contributed by atoms with Crippen LogP contribution < -0.4 is 4.90 Å². The fourth-order valence-electron chi connectivity index (χ4n) is 16.2. The van der Waals surface area contributed by atoms with Crippen LogP contribution in [0.3, 0.4) is 0 Å². The van der Waals surface area contributed by atoms with Crippen molar-refractivity contribution in [3.8, 4) is 72.4 Å². The number of rotatable bonds is 6. The Labute approximate surface area is 493 Å². The lowest BCUT2D eigenvalue weighted by atomic mass is 9.70. The Morgan fingerprint density at radius 2 is 0.906 bits per heavy atom. The molecular formula is C83H52N2. The first kappa shape index (κ1) is 46.8. The first-order valence-corrected chi connectivity index (χ1v) is 29.8. The number of fused-ring (bicyclic) bond motifs is 18. The summed E-state index contributed by atoms with van der Waals surface area (Å²) in [6.07, 6.45) is 0. The van der Waals surface area contributed by atoms with Gasteiger partial charge in [-0.05, 0) is 184 Å². The summed E-state index contributed by atoms with van der Waals surface area (Å²) in [6.45, 7) is 2.48. The molecule has 14 aromatic carbocycles. The fraction of sp³-hybridized carbons (Fsp3) is 0.0361. The maximum absolute atomic E-state index is 2.57. The zero-order valence-electron chi connectivity index (χ0n) is 46.7. The van der Waals surface area contributed by atoms with E-state index in [0.29, 0.717) is 0 Å². The van der Waals surface area contributed by atoms with Gasteiger partial charge in [-0.15, -0.1) is 0 Å². The molecule has 1 spiro atoms. The van der Waals surface area contributed by atoms with E-state index in [4.69, 9.17) is 0 Å². The minimum atomic E-state index is -0.481. The molecule has 1 aliphatic heterocycles. The van der Waals surface area contributed by atoms with E-state index in [9.17, 15) is 0 Å². The Balaban J connectivity index is 0.836. The van der Waals surface area contributed by atoms with Crippen LogP contribution in [0.25, 0.3) is 116 Å². The van der Waals surface area contributed by atoms with Crippen LogP contribution in [0.2, 0.25) is 0 Å². The van der Waals surface area contributed by atoms with Gasteiger partial charge in [0.2, 0.25) is 0 Å². The van der Waals surface area contributed by atoms with Crippen LogP contribution in [0, 0.1) is 0 Å². The fourth-order valence-corrected chi connectivity index (χ4v) is 16.2. The quantitative estimate of drug-likeness (QED) is 0.161. The minimum Gasteiger partial charge on any atom is -0.310 e. The Kier molecular flexibility index (Phi) is 9.43. The smallest absolute Gasteiger partial charge is 0.0726 e. The molecule has 394 valence electrons. The van der Waals surface area contributed by atoms with Gasteiger partial charge in [-0.1, -0.05) is 231 Å². The van der Waals surface area contributed by atoms with Crippen molar-refractivity contribution in [2.75, 3.05) is 4.90 Å². The summed E-state index contributed by atoms with van der Waals surface area (Å²) >= 11 is 0. The molecule has 1 atom stereocenters. The van der Waals surface area contributed by atoms with Gasteiger partial charge in [0, 0.05) is 44.3 Å². The summed E-state index contributed by atoms with van der Waals surface area (Å²) in [6, 6.07) is 113. The van der Waals surface area contributed by atoms with Crippen LogP contribution >= 0.6 is 0 Å². The van der Waals surface area contributed by atoms with Crippen molar-refractivity contribution < 1.29 is 0 Å². The van der Waals surface area contributed by atoms with E-state index in [-0.39, 0.29) is 0 Å². The van der Waals surface area contributed by atoms with Crippen LogP contribution in [0.4, 0.5) is 17.1 Å². The van der Waals surface area contributed by atoms with E-state index in [1.54, 1.807) is 0 Å². The highest BCUT2D eigenvalue weighted by Gasteiger charge is 2.52. The van der Waals surface area contributed by atoms with E-state index >= 15 is 0 Å². The highest BCUT2D eigenvalue weighted by molar-refractivity contribution is 6.19. The summed E-state index contributed by atoms with van der Waals surface area (Å²) in [5.74, 6) is 0.